The molecule has 0 radical (unpaired) electrons. The van der Waals surface area contributed by atoms with Crippen LogP contribution in [0.1, 0.15) is 27.2 Å². The third-order valence-corrected chi connectivity index (χ3v) is 5.52. The van der Waals surface area contributed by atoms with E-state index in [9.17, 15) is 18.0 Å². The van der Waals surface area contributed by atoms with Crippen LogP contribution in [0.15, 0.2) is 66.0 Å². The van der Waals surface area contributed by atoms with E-state index in [2.05, 4.69) is 10.4 Å². The number of alkyl halides is 3. The minimum atomic E-state index is -4.55. The molecule has 0 aliphatic carbocycles. The minimum absolute atomic E-state index is 0.300. The number of amides is 1. The van der Waals surface area contributed by atoms with Crippen molar-refractivity contribution in [2.24, 2.45) is 0 Å². The molecule has 1 N–H and O–H groups in total. The van der Waals surface area contributed by atoms with Crippen LogP contribution in [0.3, 0.4) is 0 Å². The van der Waals surface area contributed by atoms with Gasteiger partial charge in [-0.3, -0.25) is 4.79 Å². The lowest BCUT2D eigenvalue weighted by Gasteiger charge is -2.09. The average Bonchev–Trinajstić information content (AvgIpc) is 3.36. The quantitative estimate of drug-likeness (QED) is 0.394. The van der Waals surface area contributed by atoms with Crippen molar-refractivity contribution < 1.29 is 18.0 Å². The first-order valence-electron chi connectivity index (χ1n) is 9.42. The van der Waals surface area contributed by atoms with Crippen molar-refractivity contribution in [2.75, 3.05) is 5.32 Å². The lowest BCUT2D eigenvalue weighted by Crippen LogP contribution is -2.12. The molecule has 158 valence electrons. The number of benzene rings is 2. The van der Waals surface area contributed by atoms with Gasteiger partial charge < -0.3 is 5.32 Å². The molecular formula is C23H18F3N3OS. The second-order valence-electron chi connectivity index (χ2n) is 7.18. The standard InChI is InChI=1S/C23H18F3N3OS/c1-14-10-15(2)12-17(11-14)27-22(30)16-5-7-18(8-6-16)29-19(20-4-3-9-31-20)13-21(28-29)23(24,25)26/h3-13H,1-2H3,(H,27,30). The van der Waals surface area contributed by atoms with Crippen LogP contribution in [-0.4, -0.2) is 15.7 Å². The van der Waals surface area contributed by atoms with Crippen LogP contribution >= 0.6 is 11.3 Å². The highest BCUT2D eigenvalue weighted by Crippen LogP contribution is 2.34. The van der Waals surface area contributed by atoms with Crippen molar-refractivity contribution in [3.63, 3.8) is 0 Å². The molecule has 8 heteroatoms. The number of carbonyl (C=O) groups is 1. The number of thiophene rings is 1. The van der Waals surface area contributed by atoms with Crippen molar-refractivity contribution >= 4 is 22.9 Å². The van der Waals surface area contributed by atoms with E-state index >= 15 is 0 Å². The van der Waals surface area contributed by atoms with Gasteiger partial charge in [0.1, 0.15) is 0 Å². The molecule has 2 heterocycles. The fourth-order valence-electron chi connectivity index (χ4n) is 3.32. The van der Waals surface area contributed by atoms with Crippen LogP contribution < -0.4 is 5.32 Å². The summed E-state index contributed by atoms with van der Waals surface area (Å²) in [5.74, 6) is -0.300. The third-order valence-electron chi connectivity index (χ3n) is 4.63. The smallest absolute Gasteiger partial charge is 0.322 e. The maximum absolute atomic E-state index is 13.2. The maximum atomic E-state index is 13.2. The van der Waals surface area contributed by atoms with Crippen LogP contribution in [0.5, 0.6) is 0 Å². The molecule has 0 spiro atoms. The van der Waals surface area contributed by atoms with Gasteiger partial charge in [-0.05, 0) is 78.9 Å². The molecule has 0 saturated carbocycles. The Balaban J connectivity index is 1.63. The van der Waals surface area contributed by atoms with Crippen molar-refractivity contribution in [2.45, 2.75) is 20.0 Å². The van der Waals surface area contributed by atoms with Crippen LogP contribution in [-0.2, 0) is 6.18 Å². The second kappa shape index (κ2) is 8.03. The van der Waals surface area contributed by atoms with Crippen LogP contribution in [0.2, 0.25) is 0 Å². The highest BCUT2D eigenvalue weighted by atomic mass is 32.1. The first-order chi connectivity index (χ1) is 14.7. The van der Waals surface area contributed by atoms with E-state index < -0.39 is 11.9 Å². The molecule has 0 saturated heterocycles. The monoisotopic (exact) mass is 441 g/mol. The Labute approximate surface area is 181 Å². The fourth-order valence-corrected chi connectivity index (χ4v) is 4.05. The van der Waals surface area contributed by atoms with Crippen molar-refractivity contribution in [1.29, 1.82) is 0 Å². The Bertz CT molecular complexity index is 1210. The summed E-state index contributed by atoms with van der Waals surface area (Å²) in [6, 6.07) is 16.6. The minimum Gasteiger partial charge on any atom is -0.322 e. The Morgan fingerprint density at radius 1 is 1.00 bits per heavy atom. The summed E-state index contributed by atoms with van der Waals surface area (Å²) in [4.78, 5) is 13.3. The zero-order chi connectivity index (χ0) is 22.2. The van der Waals surface area contributed by atoms with Crippen LogP contribution in [0, 0.1) is 13.8 Å². The molecule has 0 unspecified atom stereocenters. The third kappa shape index (κ3) is 4.54. The number of rotatable bonds is 4. The average molecular weight is 441 g/mol. The Morgan fingerprint density at radius 2 is 1.68 bits per heavy atom. The molecule has 0 bridgehead atoms. The molecule has 4 aromatic rings. The number of hydrogen-bond donors (Lipinski definition) is 1. The zero-order valence-electron chi connectivity index (χ0n) is 16.7. The summed E-state index contributed by atoms with van der Waals surface area (Å²) in [6.07, 6.45) is -4.55. The lowest BCUT2D eigenvalue weighted by atomic mass is 10.1. The summed E-state index contributed by atoms with van der Waals surface area (Å²) < 4.78 is 41.0. The number of anilines is 1. The van der Waals surface area contributed by atoms with Gasteiger partial charge >= 0.3 is 6.18 Å². The molecule has 31 heavy (non-hydrogen) atoms. The number of aryl methyl sites for hydroxylation is 2. The second-order valence-corrected chi connectivity index (χ2v) is 8.13. The number of carbonyl (C=O) groups excluding carboxylic acids is 1. The van der Waals surface area contributed by atoms with Gasteiger partial charge in [-0.1, -0.05) is 12.1 Å². The van der Waals surface area contributed by atoms with E-state index in [-0.39, 0.29) is 5.91 Å². The largest absolute Gasteiger partial charge is 0.435 e. The Morgan fingerprint density at radius 3 is 2.26 bits per heavy atom. The number of aromatic nitrogens is 2. The van der Waals surface area contributed by atoms with Gasteiger partial charge in [-0.15, -0.1) is 11.3 Å². The van der Waals surface area contributed by atoms with Crippen molar-refractivity contribution in [1.82, 2.24) is 9.78 Å². The van der Waals surface area contributed by atoms with E-state index in [0.29, 0.717) is 27.5 Å². The van der Waals surface area contributed by atoms with Crippen LogP contribution in [0.25, 0.3) is 16.3 Å². The fraction of sp³-hybridized carbons (Fsp3) is 0.130. The van der Waals surface area contributed by atoms with Gasteiger partial charge in [0, 0.05) is 11.3 Å². The molecule has 4 nitrogen and oxygen atoms in total. The SMILES string of the molecule is Cc1cc(C)cc(NC(=O)c2ccc(-n3nc(C(F)(F)F)cc3-c3cccs3)cc2)c1. The highest BCUT2D eigenvalue weighted by Gasteiger charge is 2.35. The van der Waals surface area contributed by atoms with Crippen LogP contribution in [0.4, 0.5) is 18.9 Å². The maximum Gasteiger partial charge on any atom is 0.435 e. The summed E-state index contributed by atoms with van der Waals surface area (Å²) in [5.41, 5.74) is 2.96. The number of hydrogen-bond acceptors (Lipinski definition) is 3. The number of nitrogens with one attached hydrogen (secondary N) is 1. The molecule has 0 aliphatic heterocycles. The van der Waals surface area contributed by atoms with Gasteiger partial charge in [0.15, 0.2) is 5.69 Å². The molecule has 2 aromatic carbocycles. The first kappa shape index (κ1) is 20.9. The summed E-state index contributed by atoms with van der Waals surface area (Å²) in [5, 5.41) is 8.41. The zero-order valence-corrected chi connectivity index (χ0v) is 17.5. The molecule has 2 aromatic heterocycles. The van der Waals surface area contributed by atoms with Crippen molar-refractivity contribution in [3.05, 3.63) is 88.4 Å². The highest BCUT2D eigenvalue weighted by molar-refractivity contribution is 7.13. The van der Waals surface area contributed by atoms with Gasteiger partial charge in [0.25, 0.3) is 5.91 Å². The van der Waals surface area contributed by atoms with E-state index in [1.54, 1.807) is 41.8 Å². The Kier molecular flexibility index (Phi) is 5.41. The topological polar surface area (TPSA) is 46.9 Å². The van der Waals surface area contributed by atoms with E-state index in [4.69, 9.17) is 0 Å². The lowest BCUT2D eigenvalue weighted by molar-refractivity contribution is -0.141. The molecule has 0 aliphatic rings. The van der Waals surface area contributed by atoms with E-state index in [1.807, 2.05) is 32.0 Å². The van der Waals surface area contributed by atoms with Gasteiger partial charge in [0.2, 0.25) is 0 Å². The summed E-state index contributed by atoms with van der Waals surface area (Å²) >= 11 is 1.33. The Hall–Kier alpha value is -3.39. The van der Waals surface area contributed by atoms with E-state index in [1.165, 1.54) is 16.0 Å². The predicted molar refractivity (Wildman–Crippen MR) is 116 cm³/mol. The summed E-state index contributed by atoms with van der Waals surface area (Å²) in [6.45, 7) is 3.89. The molecular weight excluding hydrogens is 423 g/mol. The normalized spacial score (nSPS) is 11.5. The van der Waals surface area contributed by atoms with Crippen molar-refractivity contribution in [3.8, 4) is 16.3 Å². The van der Waals surface area contributed by atoms with Gasteiger partial charge in [-0.25, -0.2) is 4.68 Å². The first-order valence-corrected chi connectivity index (χ1v) is 10.3. The molecule has 1 amide bonds. The number of nitrogens with zero attached hydrogens (tertiary/aromatic N) is 2. The predicted octanol–water partition coefficient (Wildman–Crippen LogP) is 6.49. The molecule has 0 atom stereocenters. The number of halogens is 3. The van der Waals surface area contributed by atoms with Gasteiger partial charge in [0.05, 0.1) is 16.3 Å². The molecule has 0 fully saturated rings. The van der Waals surface area contributed by atoms with Gasteiger partial charge in [-0.2, -0.15) is 18.3 Å². The van der Waals surface area contributed by atoms with E-state index in [0.717, 1.165) is 17.2 Å². The molecule has 4 rings (SSSR count). The summed E-state index contributed by atoms with van der Waals surface area (Å²) in [7, 11) is 0.